The molecule has 1 N–H and O–H groups in total. The van der Waals surface area contributed by atoms with Crippen molar-refractivity contribution >= 4 is 23.1 Å². The first-order valence-electron chi connectivity index (χ1n) is 7.06. The first kappa shape index (κ1) is 14.4. The van der Waals surface area contributed by atoms with Crippen LogP contribution >= 0.6 is 23.1 Å². The molecule has 0 spiro atoms. The number of rotatable bonds is 6. The monoisotopic (exact) mass is 283 g/mol. The minimum absolute atomic E-state index is 0.500. The van der Waals surface area contributed by atoms with E-state index in [9.17, 15) is 0 Å². The molecule has 1 saturated carbocycles. The number of aryl methyl sites for hydroxylation is 1. The van der Waals surface area contributed by atoms with Crippen molar-refractivity contribution < 1.29 is 0 Å². The molecule has 3 heteroatoms. The van der Waals surface area contributed by atoms with Gasteiger partial charge in [0.1, 0.15) is 0 Å². The summed E-state index contributed by atoms with van der Waals surface area (Å²) in [7, 11) is 0. The second-order valence-corrected chi connectivity index (χ2v) is 7.83. The highest BCUT2D eigenvalue weighted by atomic mass is 32.2. The lowest BCUT2D eigenvalue weighted by Gasteiger charge is -2.28. The summed E-state index contributed by atoms with van der Waals surface area (Å²) < 4.78 is 0.513. The zero-order valence-electron chi connectivity index (χ0n) is 11.8. The van der Waals surface area contributed by atoms with Gasteiger partial charge in [0.05, 0.1) is 0 Å². The summed E-state index contributed by atoms with van der Waals surface area (Å²) in [5.74, 6) is 0. The fourth-order valence-electron chi connectivity index (χ4n) is 2.73. The lowest BCUT2D eigenvalue weighted by molar-refractivity contribution is 0.490. The average Bonchev–Trinajstić information content (AvgIpc) is 3.05. The van der Waals surface area contributed by atoms with Crippen molar-refractivity contribution in [2.75, 3.05) is 12.8 Å². The highest BCUT2D eigenvalue weighted by Gasteiger charge is 2.32. The molecule has 0 aromatic carbocycles. The van der Waals surface area contributed by atoms with Gasteiger partial charge in [0, 0.05) is 27.1 Å². The van der Waals surface area contributed by atoms with Crippen LogP contribution in [0.5, 0.6) is 0 Å². The summed E-state index contributed by atoms with van der Waals surface area (Å²) in [6, 6.07) is 5.07. The van der Waals surface area contributed by atoms with Gasteiger partial charge in [-0.05, 0) is 44.6 Å². The predicted octanol–water partition coefficient (Wildman–Crippen LogP) is 4.64. The second-order valence-electron chi connectivity index (χ2n) is 5.35. The Hall–Kier alpha value is 0.01000. The molecule has 1 unspecified atom stereocenters. The molecule has 0 saturated heterocycles. The fourth-order valence-corrected chi connectivity index (χ4v) is 4.63. The zero-order valence-corrected chi connectivity index (χ0v) is 13.4. The SMILES string of the molecule is CCc1ccc(C(C)NCC2(SC)CCCC2)s1. The van der Waals surface area contributed by atoms with Crippen LogP contribution in [0.25, 0.3) is 0 Å². The van der Waals surface area contributed by atoms with Crippen LogP contribution in [0.1, 0.15) is 55.3 Å². The van der Waals surface area contributed by atoms with Gasteiger partial charge in [-0.2, -0.15) is 11.8 Å². The van der Waals surface area contributed by atoms with E-state index in [1.165, 1.54) is 35.4 Å². The number of hydrogen-bond donors (Lipinski definition) is 1. The number of thioether (sulfide) groups is 1. The van der Waals surface area contributed by atoms with E-state index in [-0.39, 0.29) is 0 Å². The van der Waals surface area contributed by atoms with Crippen LogP contribution in [-0.4, -0.2) is 17.5 Å². The van der Waals surface area contributed by atoms with Crippen molar-refractivity contribution in [2.24, 2.45) is 0 Å². The maximum atomic E-state index is 3.76. The smallest absolute Gasteiger partial charge is 0.0386 e. The molecule has 1 atom stereocenters. The Labute approximate surface area is 120 Å². The maximum absolute atomic E-state index is 3.76. The van der Waals surface area contributed by atoms with Crippen LogP contribution < -0.4 is 5.32 Å². The molecule has 1 heterocycles. The van der Waals surface area contributed by atoms with Crippen molar-refractivity contribution in [3.05, 3.63) is 21.9 Å². The molecule has 18 heavy (non-hydrogen) atoms. The van der Waals surface area contributed by atoms with E-state index in [2.05, 4.69) is 49.3 Å². The molecule has 102 valence electrons. The normalized spacial score (nSPS) is 20.2. The Balaban J connectivity index is 1.89. The Bertz CT molecular complexity index is 366. The third kappa shape index (κ3) is 3.31. The molecule has 1 nitrogen and oxygen atoms in total. The van der Waals surface area contributed by atoms with Gasteiger partial charge in [0.2, 0.25) is 0 Å². The minimum atomic E-state index is 0.500. The molecule has 1 aliphatic rings. The van der Waals surface area contributed by atoms with Crippen molar-refractivity contribution in [1.82, 2.24) is 5.32 Å². The van der Waals surface area contributed by atoms with E-state index >= 15 is 0 Å². The van der Waals surface area contributed by atoms with E-state index in [0.717, 1.165) is 13.0 Å². The van der Waals surface area contributed by atoms with Gasteiger partial charge < -0.3 is 5.32 Å². The highest BCUT2D eigenvalue weighted by Crippen LogP contribution is 2.40. The fraction of sp³-hybridized carbons (Fsp3) is 0.733. The Morgan fingerprint density at radius 1 is 1.39 bits per heavy atom. The van der Waals surface area contributed by atoms with Gasteiger partial charge in [-0.25, -0.2) is 0 Å². The van der Waals surface area contributed by atoms with Gasteiger partial charge in [0.15, 0.2) is 0 Å². The van der Waals surface area contributed by atoms with E-state index < -0.39 is 0 Å². The number of hydrogen-bond acceptors (Lipinski definition) is 3. The van der Waals surface area contributed by atoms with Crippen LogP contribution in [0.15, 0.2) is 12.1 Å². The average molecular weight is 284 g/mol. The molecule has 0 aliphatic heterocycles. The van der Waals surface area contributed by atoms with Crippen LogP contribution in [0.4, 0.5) is 0 Å². The lowest BCUT2D eigenvalue weighted by Crippen LogP contribution is -2.36. The highest BCUT2D eigenvalue weighted by molar-refractivity contribution is 8.00. The number of thiophene rings is 1. The molecule has 1 aliphatic carbocycles. The Morgan fingerprint density at radius 3 is 2.67 bits per heavy atom. The molecule has 0 radical (unpaired) electrons. The third-order valence-corrected chi connectivity index (χ3v) is 6.97. The summed E-state index contributed by atoms with van der Waals surface area (Å²) in [5, 5.41) is 3.76. The van der Waals surface area contributed by atoms with Crippen molar-refractivity contribution in [3.8, 4) is 0 Å². The van der Waals surface area contributed by atoms with Crippen molar-refractivity contribution in [2.45, 2.75) is 56.7 Å². The van der Waals surface area contributed by atoms with Gasteiger partial charge in [-0.1, -0.05) is 19.8 Å². The second kappa shape index (κ2) is 6.44. The molecule has 1 fully saturated rings. The topological polar surface area (TPSA) is 12.0 Å². The van der Waals surface area contributed by atoms with Crippen LogP contribution in [0.2, 0.25) is 0 Å². The van der Waals surface area contributed by atoms with Crippen LogP contribution in [0, 0.1) is 0 Å². The first-order chi connectivity index (χ1) is 8.69. The minimum Gasteiger partial charge on any atom is -0.308 e. The van der Waals surface area contributed by atoms with Gasteiger partial charge in [-0.3, -0.25) is 0 Å². The van der Waals surface area contributed by atoms with Gasteiger partial charge >= 0.3 is 0 Å². The molecule has 1 aromatic rings. The van der Waals surface area contributed by atoms with E-state index in [0.29, 0.717) is 10.8 Å². The van der Waals surface area contributed by atoms with Crippen LogP contribution in [-0.2, 0) is 6.42 Å². The quantitative estimate of drug-likeness (QED) is 0.816. The maximum Gasteiger partial charge on any atom is 0.0386 e. The third-order valence-electron chi connectivity index (χ3n) is 4.14. The first-order valence-corrected chi connectivity index (χ1v) is 9.10. The Morgan fingerprint density at radius 2 is 2.11 bits per heavy atom. The summed E-state index contributed by atoms with van der Waals surface area (Å²) in [4.78, 5) is 2.99. The molecule has 0 amide bonds. The summed E-state index contributed by atoms with van der Waals surface area (Å²) in [6.07, 6.45) is 9.03. The van der Waals surface area contributed by atoms with E-state index in [4.69, 9.17) is 0 Å². The predicted molar refractivity (Wildman–Crippen MR) is 84.8 cm³/mol. The van der Waals surface area contributed by atoms with E-state index in [1.54, 1.807) is 0 Å². The summed E-state index contributed by atoms with van der Waals surface area (Å²) in [6.45, 7) is 5.69. The van der Waals surface area contributed by atoms with Gasteiger partial charge in [0.25, 0.3) is 0 Å². The number of nitrogens with one attached hydrogen (secondary N) is 1. The van der Waals surface area contributed by atoms with E-state index in [1.807, 2.05) is 11.3 Å². The standard InChI is InChI=1S/C15H25NS2/c1-4-13-7-8-14(18-13)12(2)16-11-15(17-3)9-5-6-10-15/h7-8,12,16H,4-6,9-11H2,1-3H3. The van der Waals surface area contributed by atoms with Crippen molar-refractivity contribution in [1.29, 1.82) is 0 Å². The summed E-state index contributed by atoms with van der Waals surface area (Å²) >= 11 is 4.03. The van der Waals surface area contributed by atoms with Crippen molar-refractivity contribution in [3.63, 3.8) is 0 Å². The Kier molecular flexibility index (Phi) is 5.16. The molecule has 2 rings (SSSR count). The van der Waals surface area contributed by atoms with Gasteiger partial charge in [-0.15, -0.1) is 11.3 Å². The molecular weight excluding hydrogens is 258 g/mol. The molecule has 1 aromatic heterocycles. The molecular formula is C15H25NS2. The summed E-state index contributed by atoms with van der Waals surface area (Å²) in [5.41, 5.74) is 0. The van der Waals surface area contributed by atoms with Crippen LogP contribution in [0.3, 0.4) is 0 Å². The molecule has 0 bridgehead atoms. The largest absolute Gasteiger partial charge is 0.308 e. The lowest BCUT2D eigenvalue weighted by atomic mass is 10.1. The zero-order chi connectivity index (χ0) is 13.0.